The number of aliphatic hydroxyl groups is 1. The Balaban J connectivity index is 1.68. The molecule has 0 fully saturated rings. The van der Waals surface area contributed by atoms with E-state index in [1.54, 1.807) is 26.0 Å². The number of aliphatic hydroxyl groups excluding tert-OH is 1. The Kier molecular flexibility index (Phi) is 5.08. The minimum Gasteiger partial charge on any atom is -0.424 e. The quantitative estimate of drug-likeness (QED) is 0.458. The third kappa shape index (κ3) is 3.62. The Hall–Kier alpha value is -2.81. The van der Waals surface area contributed by atoms with Gasteiger partial charge >= 0.3 is 6.09 Å². The van der Waals surface area contributed by atoms with Gasteiger partial charge < -0.3 is 24.1 Å². The molecule has 0 spiro atoms. The number of hydrogen-bond acceptors (Lipinski definition) is 7. The zero-order valence-electron chi connectivity index (χ0n) is 15.8. The summed E-state index contributed by atoms with van der Waals surface area (Å²) in [5, 5.41) is 18.1. The monoisotopic (exact) mass is 432 g/mol. The van der Waals surface area contributed by atoms with Gasteiger partial charge in [-0.2, -0.15) is 0 Å². The number of furan rings is 1. The highest BCUT2D eigenvalue weighted by Crippen LogP contribution is 2.40. The van der Waals surface area contributed by atoms with E-state index in [1.165, 1.54) is 18.4 Å². The molecule has 1 aromatic carbocycles. The molecule has 3 aromatic heterocycles. The van der Waals surface area contributed by atoms with Gasteiger partial charge in [0.2, 0.25) is 0 Å². The third-order valence-electron chi connectivity index (χ3n) is 4.49. The van der Waals surface area contributed by atoms with Crippen LogP contribution in [0.1, 0.15) is 28.0 Å². The molecule has 9 heteroatoms. The van der Waals surface area contributed by atoms with Crippen LogP contribution in [0.4, 0.5) is 4.79 Å². The first kappa shape index (κ1) is 19.5. The molecule has 7 nitrogen and oxygen atoms in total. The fourth-order valence-corrected chi connectivity index (χ4v) is 4.36. The van der Waals surface area contributed by atoms with Gasteiger partial charge in [0.1, 0.15) is 11.9 Å². The van der Waals surface area contributed by atoms with Gasteiger partial charge in [-0.15, -0.1) is 11.3 Å². The van der Waals surface area contributed by atoms with Crippen molar-refractivity contribution in [1.82, 2.24) is 10.5 Å². The molecule has 0 bridgehead atoms. The number of amides is 1. The van der Waals surface area contributed by atoms with Gasteiger partial charge in [0.05, 0.1) is 16.3 Å². The van der Waals surface area contributed by atoms with Crippen molar-refractivity contribution < 1.29 is 23.6 Å². The molecule has 0 aliphatic rings. The first-order valence-electron chi connectivity index (χ1n) is 8.71. The summed E-state index contributed by atoms with van der Waals surface area (Å²) in [5.74, 6) is 0.649. The van der Waals surface area contributed by atoms with Crippen molar-refractivity contribution in [2.75, 3.05) is 7.05 Å². The number of rotatable bonds is 4. The van der Waals surface area contributed by atoms with Crippen molar-refractivity contribution in [3.05, 3.63) is 57.2 Å². The number of aryl methyl sites for hydroxylation is 2. The van der Waals surface area contributed by atoms with Crippen LogP contribution in [-0.4, -0.2) is 23.4 Å². The maximum absolute atomic E-state index is 11.4. The third-order valence-corrected chi connectivity index (χ3v) is 5.96. The molecule has 0 saturated carbocycles. The van der Waals surface area contributed by atoms with Gasteiger partial charge in [0.15, 0.2) is 5.58 Å². The van der Waals surface area contributed by atoms with Crippen molar-refractivity contribution >= 4 is 40.0 Å². The van der Waals surface area contributed by atoms with Crippen molar-refractivity contribution in [3.8, 4) is 16.4 Å². The predicted molar refractivity (Wildman–Crippen MR) is 110 cm³/mol. The number of ether oxygens (including phenoxy) is 1. The van der Waals surface area contributed by atoms with E-state index in [0.29, 0.717) is 33.0 Å². The van der Waals surface area contributed by atoms with Crippen LogP contribution < -0.4 is 10.1 Å². The molecule has 0 aliphatic heterocycles. The number of nitrogens with one attached hydrogen (secondary N) is 1. The molecule has 4 rings (SSSR count). The van der Waals surface area contributed by atoms with Crippen molar-refractivity contribution in [2.24, 2.45) is 0 Å². The van der Waals surface area contributed by atoms with Crippen LogP contribution >= 0.6 is 22.9 Å². The van der Waals surface area contributed by atoms with Crippen LogP contribution in [0, 0.1) is 13.8 Å². The second kappa shape index (κ2) is 7.55. The molecular weight excluding hydrogens is 416 g/mol. The Morgan fingerprint density at radius 3 is 2.79 bits per heavy atom. The second-order valence-electron chi connectivity index (χ2n) is 6.42. The number of fused-ring (bicyclic) bond motifs is 1. The topological polar surface area (TPSA) is 97.7 Å². The van der Waals surface area contributed by atoms with Crippen LogP contribution in [-0.2, 0) is 0 Å². The van der Waals surface area contributed by atoms with Crippen LogP contribution in [0.5, 0.6) is 5.95 Å². The summed E-state index contributed by atoms with van der Waals surface area (Å²) in [6.45, 7) is 3.58. The van der Waals surface area contributed by atoms with E-state index in [2.05, 4.69) is 10.5 Å². The zero-order valence-corrected chi connectivity index (χ0v) is 17.4. The van der Waals surface area contributed by atoms with E-state index < -0.39 is 12.2 Å². The number of carbonyl (C=O) groups is 1. The Bertz CT molecular complexity index is 1190. The number of benzene rings is 1. The average molecular weight is 433 g/mol. The molecule has 1 unspecified atom stereocenters. The van der Waals surface area contributed by atoms with E-state index in [9.17, 15) is 9.90 Å². The van der Waals surface area contributed by atoms with Gasteiger partial charge in [-0.25, -0.2) is 4.79 Å². The highest BCUT2D eigenvalue weighted by atomic mass is 35.5. The van der Waals surface area contributed by atoms with Crippen molar-refractivity contribution in [2.45, 2.75) is 20.0 Å². The number of nitrogens with zero attached hydrogens (tertiary/aromatic N) is 1. The Morgan fingerprint density at radius 1 is 1.31 bits per heavy atom. The molecule has 0 radical (unpaired) electrons. The summed E-state index contributed by atoms with van der Waals surface area (Å²) >= 11 is 7.82. The molecule has 3 heterocycles. The lowest BCUT2D eigenvalue weighted by Gasteiger charge is -2.07. The smallest absolute Gasteiger partial charge is 0.414 e. The average Bonchev–Trinajstić information content (AvgIpc) is 3.40. The molecule has 2 N–H and O–H groups in total. The van der Waals surface area contributed by atoms with E-state index in [0.717, 1.165) is 15.3 Å². The highest BCUT2D eigenvalue weighted by Gasteiger charge is 2.22. The van der Waals surface area contributed by atoms with Crippen molar-refractivity contribution in [1.29, 1.82) is 0 Å². The normalized spacial score (nSPS) is 12.3. The number of aromatic nitrogens is 1. The van der Waals surface area contributed by atoms with Crippen LogP contribution in [0.2, 0.25) is 5.02 Å². The molecule has 0 saturated heterocycles. The minimum atomic E-state index is -0.819. The minimum absolute atomic E-state index is 0.0547. The van der Waals surface area contributed by atoms with E-state index in [4.69, 9.17) is 25.3 Å². The summed E-state index contributed by atoms with van der Waals surface area (Å²) in [5.41, 5.74) is 2.63. The lowest BCUT2D eigenvalue weighted by molar-refractivity contribution is 0.191. The molecule has 1 atom stereocenters. The Labute approximate surface area is 174 Å². The number of thiophene rings is 1. The van der Waals surface area contributed by atoms with Crippen molar-refractivity contribution in [3.63, 3.8) is 0 Å². The van der Waals surface area contributed by atoms with Gasteiger partial charge in [0.25, 0.3) is 5.95 Å². The van der Waals surface area contributed by atoms with E-state index >= 15 is 0 Å². The van der Waals surface area contributed by atoms with Gasteiger partial charge in [-0.05, 0) is 43.7 Å². The van der Waals surface area contributed by atoms with Gasteiger partial charge in [-0.3, -0.25) is 0 Å². The molecule has 150 valence electrons. The summed E-state index contributed by atoms with van der Waals surface area (Å²) in [4.78, 5) is 13.1. The van der Waals surface area contributed by atoms with Crippen LogP contribution in [0.3, 0.4) is 0 Å². The number of halogens is 1. The SMILES string of the molecule is CNC(=O)Oc1cc2cc(-c3ccc(C(O)c4c(C)noc4C)s3)cc(Cl)c2o1. The summed E-state index contributed by atoms with van der Waals surface area (Å²) in [7, 11) is 1.46. The highest BCUT2D eigenvalue weighted by molar-refractivity contribution is 7.15. The fraction of sp³-hybridized carbons (Fsp3) is 0.200. The van der Waals surface area contributed by atoms with E-state index in [1.807, 2.05) is 18.2 Å². The fourth-order valence-electron chi connectivity index (χ4n) is 3.10. The second-order valence-corrected chi connectivity index (χ2v) is 7.95. The summed E-state index contributed by atoms with van der Waals surface area (Å²) in [6, 6.07) is 9.05. The zero-order chi connectivity index (χ0) is 20.7. The lowest BCUT2D eigenvalue weighted by atomic mass is 10.1. The first-order valence-corrected chi connectivity index (χ1v) is 9.90. The van der Waals surface area contributed by atoms with Gasteiger partial charge in [0, 0.05) is 28.3 Å². The standard InChI is InChI=1S/C20H17ClN2O5S/c1-9-17(10(2)28-23-9)18(24)15-5-4-14(29-15)11-6-12-8-16(27-20(25)22-3)26-19(12)13(21)7-11/h4-8,18,24H,1-3H3,(H,22,25). The summed E-state index contributed by atoms with van der Waals surface area (Å²) in [6.07, 6.45) is -1.45. The van der Waals surface area contributed by atoms with Gasteiger partial charge in [-0.1, -0.05) is 16.8 Å². The largest absolute Gasteiger partial charge is 0.424 e. The lowest BCUT2D eigenvalue weighted by Crippen LogP contribution is -2.21. The number of hydrogen-bond donors (Lipinski definition) is 2. The molecule has 4 aromatic rings. The number of carbonyl (C=O) groups excluding carboxylic acids is 1. The molecule has 29 heavy (non-hydrogen) atoms. The summed E-state index contributed by atoms with van der Waals surface area (Å²) < 4.78 is 15.7. The molecule has 1 amide bonds. The van der Waals surface area contributed by atoms with E-state index in [-0.39, 0.29) is 5.95 Å². The molecule has 0 aliphatic carbocycles. The Morgan fingerprint density at radius 2 is 2.10 bits per heavy atom. The van der Waals surface area contributed by atoms with Crippen LogP contribution in [0.25, 0.3) is 21.4 Å². The predicted octanol–water partition coefficient (Wildman–Crippen LogP) is 5.22. The molecular formula is C20H17ClN2O5S. The van der Waals surface area contributed by atoms with Crippen LogP contribution in [0.15, 0.2) is 39.3 Å². The maximum atomic E-state index is 11.4. The maximum Gasteiger partial charge on any atom is 0.414 e. The first-order chi connectivity index (χ1) is 13.9.